The van der Waals surface area contributed by atoms with E-state index in [1.165, 1.54) is 18.2 Å². The molecule has 132 valence electrons. The fourth-order valence-electron chi connectivity index (χ4n) is 2.86. The number of rotatable bonds is 5. The Kier molecular flexibility index (Phi) is 4.66. The van der Waals surface area contributed by atoms with Crippen molar-refractivity contribution >= 4 is 17.3 Å². The molecule has 0 radical (unpaired) electrons. The van der Waals surface area contributed by atoms with E-state index in [0.29, 0.717) is 24.4 Å². The Morgan fingerprint density at radius 3 is 2.92 bits per heavy atom. The number of carbonyl (C=O) groups is 1. The molecule has 9 heteroatoms. The summed E-state index contributed by atoms with van der Waals surface area (Å²) in [4.78, 5) is 24.7. The van der Waals surface area contributed by atoms with Crippen molar-refractivity contribution in [3.8, 4) is 5.75 Å². The Balaban J connectivity index is 1.78. The van der Waals surface area contributed by atoms with Crippen LogP contribution in [0.3, 0.4) is 0 Å². The summed E-state index contributed by atoms with van der Waals surface area (Å²) in [6, 6.07) is 4.11. The zero-order valence-corrected chi connectivity index (χ0v) is 13.7. The van der Waals surface area contributed by atoms with Crippen molar-refractivity contribution < 1.29 is 19.6 Å². The van der Waals surface area contributed by atoms with Gasteiger partial charge in [0, 0.05) is 25.9 Å². The van der Waals surface area contributed by atoms with Crippen LogP contribution >= 0.6 is 0 Å². The van der Waals surface area contributed by atoms with Crippen molar-refractivity contribution in [3.05, 3.63) is 46.3 Å². The third-order valence-electron chi connectivity index (χ3n) is 4.09. The van der Waals surface area contributed by atoms with E-state index >= 15 is 0 Å². The number of amides is 1. The van der Waals surface area contributed by atoms with Crippen LogP contribution in [0.15, 0.2) is 30.6 Å². The smallest absolute Gasteiger partial charge is 0.275 e. The Morgan fingerprint density at radius 1 is 1.48 bits per heavy atom. The van der Waals surface area contributed by atoms with Crippen LogP contribution in [-0.4, -0.2) is 38.4 Å². The summed E-state index contributed by atoms with van der Waals surface area (Å²) >= 11 is 0. The predicted octanol–water partition coefficient (Wildman–Crippen LogP) is 1.39. The molecular weight excluding hydrogens is 328 g/mol. The third-order valence-corrected chi connectivity index (χ3v) is 4.09. The van der Waals surface area contributed by atoms with E-state index in [4.69, 9.17) is 4.74 Å². The summed E-state index contributed by atoms with van der Waals surface area (Å²) in [6.07, 6.45) is 4.03. The van der Waals surface area contributed by atoms with Crippen LogP contribution in [0.2, 0.25) is 0 Å². The SMILES string of the molecule is Cn1cc(N2CCC[C@H](Oc3ccc([N+](=O)[O-])c(CO)c3)C2=O)cn1. The molecule has 0 bridgehead atoms. The van der Waals surface area contributed by atoms with Gasteiger partial charge in [-0.1, -0.05) is 0 Å². The number of aryl methyl sites for hydroxylation is 1. The molecule has 1 saturated heterocycles. The molecule has 3 rings (SSSR count). The predicted molar refractivity (Wildman–Crippen MR) is 88.2 cm³/mol. The molecule has 1 N–H and O–H groups in total. The highest BCUT2D eigenvalue weighted by Gasteiger charge is 2.32. The van der Waals surface area contributed by atoms with E-state index < -0.39 is 17.6 Å². The zero-order chi connectivity index (χ0) is 18.0. The summed E-state index contributed by atoms with van der Waals surface area (Å²) in [5.74, 6) is 0.143. The molecule has 1 atom stereocenters. The van der Waals surface area contributed by atoms with Gasteiger partial charge in [0.1, 0.15) is 5.75 Å². The lowest BCUT2D eigenvalue weighted by Gasteiger charge is -2.31. The lowest BCUT2D eigenvalue weighted by molar-refractivity contribution is -0.385. The number of piperidine rings is 1. The first kappa shape index (κ1) is 16.9. The maximum Gasteiger partial charge on any atom is 0.275 e. The Hall–Kier alpha value is -2.94. The van der Waals surface area contributed by atoms with E-state index in [1.54, 1.807) is 29.0 Å². The number of aliphatic hydroxyl groups is 1. The molecule has 25 heavy (non-hydrogen) atoms. The number of nitro groups is 1. The Labute approximate surface area is 143 Å². The molecule has 1 fully saturated rings. The van der Waals surface area contributed by atoms with Gasteiger partial charge in [0.25, 0.3) is 11.6 Å². The minimum Gasteiger partial charge on any atom is -0.481 e. The first-order valence-electron chi connectivity index (χ1n) is 7.84. The number of benzene rings is 1. The minimum atomic E-state index is -0.679. The maximum atomic E-state index is 12.7. The number of nitrogens with zero attached hydrogens (tertiary/aromatic N) is 4. The quantitative estimate of drug-likeness (QED) is 0.647. The minimum absolute atomic E-state index is 0.148. The lowest BCUT2D eigenvalue weighted by Crippen LogP contribution is -2.46. The largest absolute Gasteiger partial charge is 0.481 e. The molecule has 0 spiro atoms. The highest BCUT2D eigenvalue weighted by molar-refractivity contribution is 5.97. The highest BCUT2D eigenvalue weighted by Crippen LogP contribution is 2.27. The highest BCUT2D eigenvalue weighted by atomic mass is 16.6. The van der Waals surface area contributed by atoms with E-state index in [1.807, 2.05) is 0 Å². The lowest BCUT2D eigenvalue weighted by atomic mass is 10.1. The molecule has 0 aliphatic carbocycles. The molecule has 0 unspecified atom stereocenters. The van der Waals surface area contributed by atoms with Gasteiger partial charge in [-0.2, -0.15) is 5.10 Å². The first-order valence-corrected chi connectivity index (χ1v) is 7.84. The number of anilines is 1. The van der Waals surface area contributed by atoms with Crippen LogP contribution in [0.4, 0.5) is 11.4 Å². The second kappa shape index (κ2) is 6.89. The van der Waals surface area contributed by atoms with Crippen LogP contribution in [0.25, 0.3) is 0 Å². The molecule has 1 aliphatic rings. The van der Waals surface area contributed by atoms with Crippen LogP contribution in [0.5, 0.6) is 5.75 Å². The molecule has 1 aromatic heterocycles. The van der Waals surface area contributed by atoms with E-state index in [9.17, 15) is 20.0 Å². The van der Waals surface area contributed by atoms with Crippen molar-refractivity contribution in [2.45, 2.75) is 25.6 Å². The van der Waals surface area contributed by atoms with Gasteiger partial charge in [-0.25, -0.2) is 0 Å². The van der Waals surface area contributed by atoms with E-state index in [-0.39, 0.29) is 17.2 Å². The molecule has 2 heterocycles. The maximum absolute atomic E-state index is 12.7. The summed E-state index contributed by atoms with van der Waals surface area (Å²) in [5.41, 5.74) is 0.678. The summed E-state index contributed by atoms with van der Waals surface area (Å²) < 4.78 is 7.37. The fourth-order valence-corrected chi connectivity index (χ4v) is 2.86. The fraction of sp³-hybridized carbons (Fsp3) is 0.375. The van der Waals surface area contributed by atoms with Gasteiger partial charge in [-0.05, 0) is 25.0 Å². The van der Waals surface area contributed by atoms with Crippen LogP contribution in [0.1, 0.15) is 18.4 Å². The number of ether oxygens (including phenoxy) is 1. The standard InChI is InChI=1S/C16H18N4O5/c1-18-9-12(8-17-18)19-6-2-3-15(16(19)22)25-13-4-5-14(20(23)24)11(7-13)10-21/h4-5,7-9,15,21H,2-3,6,10H2,1H3/t15-/m0/s1. The van der Waals surface area contributed by atoms with Gasteiger partial charge in [0.2, 0.25) is 0 Å². The summed E-state index contributed by atoms with van der Waals surface area (Å²) in [5, 5.41) is 24.3. The molecule has 2 aromatic rings. The first-order chi connectivity index (χ1) is 12.0. The number of carbonyl (C=O) groups excluding carboxylic acids is 1. The average molecular weight is 346 g/mol. The van der Waals surface area contributed by atoms with Gasteiger partial charge >= 0.3 is 0 Å². The summed E-state index contributed by atoms with van der Waals surface area (Å²) in [6.45, 7) is 0.112. The molecule has 9 nitrogen and oxygen atoms in total. The van der Waals surface area contributed by atoms with Gasteiger partial charge in [0.15, 0.2) is 6.10 Å². The zero-order valence-electron chi connectivity index (χ0n) is 13.7. The van der Waals surface area contributed by atoms with Crippen molar-refractivity contribution in [3.63, 3.8) is 0 Å². The molecule has 1 aromatic carbocycles. The van der Waals surface area contributed by atoms with Gasteiger partial charge in [-0.15, -0.1) is 0 Å². The van der Waals surface area contributed by atoms with E-state index in [0.717, 1.165) is 6.42 Å². The second-order valence-electron chi connectivity index (χ2n) is 5.82. The van der Waals surface area contributed by atoms with Crippen LogP contribution < -0.4 is 9.64 Å². The molecule has 0 saturated carbocycles. The van der Waals surface area contributed by atoms with Crippen molar-refractivity contribution in [1.29, 1.82) is 0 Å². The number of hydrogen-bond acceptors (Lipinski definition) is 6. The number of nitro benzene ring substituents is 1. The Morgan fingerprint density at radius 2 is 2.28 bits per heavy atom. The summed E-state index contributed by atoms with van der Waals surface area (Å²) in [7, 11) is 1.78. The van der Waals surface area contributed by atoms with Gasteiger partial charge < -0.3 is 14.7 Å². The Bertz CT molecular complexity index is 804. The van der Waals surface area contributed by atoms with Crippen molar-refractivity contribution in [2.24, 2.45) is 7.05 Å². The normalized spacial score (nSPS) is 17.6. The molecule has 1 amide bonds. The van der Waals surface area contributed by atoms with E-state index in [2.05, 4.69) is 5.10 Å². The third kappa shape index (κ3) is 3.45. The number of aromatic nitrogens is 2. The topological polar surface area (TPSA) is 111 Å². The number of aliphatic hydroxyl groups excluding tert-OH is 1. The monoisotopic (exact) mass is 346 g/mol. The second-order valence-corrected chi connectivity index (χ2v) is 5.82. The number of hydrogen-bond donors (Lipinski definition) is 1. The molecule has 1 aliphatic heterocycles. The van der Waals surface area contributed by atoms with Crippen molar-refractivity contribution in [1.82, 2.24) is 9.78 Å². The molecular formula is C16H18N4O5. The van der Waals surface area contributed by atoms with Crippen molar-refractivity contribution in [2.75, 3.05) is 11.4 Å². The van der Waals surface area contributed by atoms with Crippen LogP contribution in [-0.2, 0) is 18.4 Å². The van der Waals surface area contributed by atoms with Gasteiger partial charge in [-0.3, -0.25) is 19.6 Å². The average Bonchev–Trinajstić information content (AvgIpc) is 3.02. The van der Waals surface area contributed by atoms with Crippen LogP contribution in [0, 0.1) is 10.1 Å². The van der Waals surface area contributed by atoms with Gasteiger partial charge in [0.05, 0.1) is 29.0 Å².